The summed E-state index contributed by atoms with van der Waals surface area (Å²) in [6.07, 6.45) is 7.63. The number of hydrogen-bond donors (Lipinski definition) is 4. The molecule has 0 spiro atoms. The van der Waals surface area contributed by atoms with E-state index >= 15 is 0 Å². The van der Waals surface area contributed by atoms with Crippen LogP contribution < -0.4 is 9.47 Å². The molecule has 1 aliphatic heterocycles. The number of carbonyl (C=O) groups is 1. The number of aromatic hydroxyl groups is 4. The van der Waals surface area contributed by atoms with Gasteiger partial charge in [0.05, 0.1) is 7.11 Å². The van der Waals surface area contributed by atoms with Crippen molar-refractivity contribution in [3.8, 4) is 34.5 Å². The van der Waals surface area contributed by atoms with E-state index in [2.05, 4.69) is 0 Å². The van der Waals surface area contributed by atoms with Crippen molar-refractivity contribution < 1.29 is 34.7 Å². The summed E-state index contributed by atoms with van der Waals surface area (Å²) in [5.74, 6) is 0.382. The van der Waals surface area contributed by atoms with Crippen LogP contribution in [0.25, 0.3) is 12.2 Å². The lowest BCUT2D eigenvalue weighted by atomic mass is 9.83. The average Bonchev–Trinajstić information content (AvgIpc) is 2.97. The Balaban J connectivity index is 1.52. The lowest BCUT2D eigenvalue weighted by molar-refractivity contribution is 0.0982. The second-order valence-corrected chi connectivity index (χ2v) is 9.89. The Morgan fingerprint density at radius 2 is 1.41 bits per heavy atom. The first kappa shape index (κ1) is 27.4. The van der Waals surface area contributed by atoms with E-state index in [-0.39, 0.29) is 40.2 Å². The molecule has 4 aromatic rings. The fourth-order valence-electron chi connectivity index (χ4n) is 5.01. The van der Waals surface area contributed by atoms with E-state index in [9.17, 15) is 25.2 Å². The number of rotatable bonds is 8. The number of ether oxygens (including phenoxy) is 2. The largest absolute Gasteiger partial charge is 0.508 e. The van der Waals surface area contributed by atoms with Gasteiger partial charge in [-0.3, -0.25) is 4.79 Å². The molecule has 0 radical (unpaired) electrons. The van der Waals surface area contributed by atoms with E-state index in [4.69, 9.17) is 9.47 Å². The van der Waals surface area contributed by atoms with E-state index in [0.29, 0.717) is 29.7 Å². The second kappa shape index (κ2) is 11.9. The topological polar surface area (TPSA) is 116 Å². The van der Waals surface area contributed by atoms with Crippen molar-refractivity contribution in [3.05, 3.63) is 119 Å². The zero-order valence-electron chi connectivity index (χ0n) is 22.4. The van der Waals surface area contributed by atoms with Gasteiger partial charge < -0.3 is 29.9 Å². The number of benzene rings is 4. The average molecular weight is 551 g/mol. The molecule has 1 heterocycles. The molecule has 0 fully saturated rings. The lowest BCUT2D eigenvalue weighted by Crippen LogP contribution is -2.27. The Hall–Kier alpha value is -5.17. The summed E-state index contributed by atoms with van der Waals surface area (Å²) in [5, 5.41) is 39.9. The van der Waals surface area contributed by atoms with Crippen molar-refractivity contribution in [2.24, 2.45) is 5.92 Å². The second-order valence-electron chi connectivity index (χ2n) is 9.89. The molecule has 41 heavy (non-hydrogen) atoms. The molecule has 0 bridgehead atoms. The van der Waals surface area contributed by atoms with Gasteiger partial charge in [0.2, 0.25) is 0 Å². The standard InChI is InChI=1S/C34H30O7/c1-40-31-20-30(39)32(29(38)18-9-22-7-14-26(36)15-8-22)34-28(31)19-24(4-2-3-21-5-12-25(35)13-6-21)33(41-34)23-10-16-27(37)17-11-23/h2-3,5-18,20,24,33,35-37,39H,4,19H2,1H3/b3-2+,18-9+/t24-,33+/m0/s1. The van der Waals surface area contributed by atoms with Crippen LogP contribution in [-0.2, 0) is 6.42 Å². The Kier molecular flexibility index (Phi) is 7.97. The molecule has 5 rings (SSSR count). The number of phenols is 4. The van der Waals surface area contributed by atoms with Gasteiger partial charge in [-0.05, 0) is 72.0 Å². The Labute approximate surface area is 237 Å². The van der Waals surface area contributed by atoms with Crippen molar-refractivity contribution in [1.82, 2.24) is 0 Å². The molecular weight excluding hydrogens is 520 g/mol. The quantitative estimate of drug-likeness (QED) is 0.141. The van der Waals surface area contributed by atoms with Gasteiger partial charge in [0.1, 0.15) is 46.2 Å². The van der Waals surface area contributed by atoms with Gasteiger partial charge in [0, 0.05) is 17.5 Å². The van der Waals surface area contributed by atoms with Crippen LogP contribution in [0.15, 0.2) is 91.0 Å². The van der Waals surface area contributed by atoms with Gasteiger partial charge in [0.15, 0.2) is 5.78 Å². The number of methoxy groups -OCH3 is 1. The fourth-order valence-corrected chi connectivity index (χ4v) is 5.01. The van der Waals surface area contributed by atoms with Crippen LogP contribution in [0.2, 0.25) is 0 Å². The van der Waals surface area contributed by atoms with Gasteiger partial charge in [-0.15, -0.1) is 0 Å². The van der Waals surface area contributed by atoms with Crippen molar-refractivity contribution in [1.29, 1.82) is 0 Å². The molecule has 0 amide bonds. The van der Waals surface area contributed by atoms with E-state index in [0.717, 1.165) is 11.1 Å². The third kappa shape index (κ3) is 6.20. The van der Waals surface area contributed by atoms with Gasteiger partial charge in [0.25, 0.3) is 0 Å². The third-order valence-corrected chi connectivity index (χ3v) is 7.11. The molecular formula is C34H30O7. The summed E-state index contributed by atoms with van der Waals surface area (Å²) < 4.78 is 12.1. The molecule has 7 heteroatoms. The summed E-state index contributed by atoms with van der Waals surface area (Å²) in [4.78, 5) is 13.4. The highest BCUT2D eigenvalue weighted by Gasteiger charge is 2.36. The third-order valence-electron chi connectivity index (χ3n) is 7.11. The van der Waals surface area contributed by atoms with Crippen molar-refractivity contribution in [2.45, 2.75) is 18.9 Å². The molecule has 208 valence electrons. The molecule has 7 nitrogen and oxygen atoms in total. The van der Waals surface area contributed by atoms with Crippen LogP contribution in [0.3, 0.4) is 0 Å². The zero-order chi connectivity index (χ0) is 28.9. The summed E-state index contributed by atoms with van der Waals surface area (Å²) in [5.41, 5.74) is 3.19. The molecule has 4 N–H and O–H groups in total. The zero-order valence-corrected chi connectivity index (χ0v) is 22.4. The fraction of sp³-hybridized carbons (Fsp3) is 0.147. The highest BCUT2D eigenvalue weighted by molar-refractivity contribution is 6.11. The Morgan fingerprint density at radius 3 is 2.00 bits per heavy atom. The predicted molar refractivity (Wildman–Crippen MR) is 157 cm³/mol. The number of carbonyl (C=O) groups excluding carboxylic acids is 1. The first-order chi connectivity index (χ1) is 19.8. The normalized spacial score (nSPS) is 16.4. The minimum absolute atomic E-state index is 0.0395. The number of fused-ring (bicyclic) bond motifs is 1. The highest BCUT2D eigenvalue weighted by Crippen LogP contribution is 2.49. The van der Waals surface area contributed by atoms with Crippen LogP contribution in [0.1, 0.15) is 45.1 Å². The highest BCUT2D eigenvalue weighted by atomic mass is 16.5. The molecule has 1 aliphatic rings. The monoisotopic (exact) mass is 550 g/mol. The molecule has 0 saturated carbocycles. The SMILES string of the molecule is COc1cc(O)c(C(=O)/C=C/c2ccc(O)cc2)c2c1C[C@H](C/C=C/c1ccc(O)cc1)[C@@H](c1ccc(O)cc1)O2. The minimum Gasteiger partial charge on any atom is -0.508 e. The molecule has 0 saturated heterocycles. The maximum atomic E-state index is 13.4. The first-order valence-corrected chi connectivity index (χ1v) is 13.2. The summed E-state index contributed by atoms with van der Waals surface area (Å²) in [7, 11) is 1.51. The minimum atomic E-state index is -0.480. The summed E-state index contributed by atoms with van der Waals surface area (Å²) in [6.45, 7) is 0. The molecule has 0 unspecified atom stereocenters. The number of allylic oxidation sites excluding steroid dienone is 2. The lowest BCUT2D eigenvalue weighted by Gasteiger charge is -2.35. The molecule has 0 aliphatic carbocycles. The number of ketones is 1. The summed E-state index contributed by atoms with van der Waals surface area (Å²) >= 11 is 0. The van der Waals surface area contributed by atoms with Crippen LogP contribution in [-0.4, -0.2) is 33.3 Å². The van der Waals surface area contributed by atoms with Crippen molar-refractivity contribution in [3.63, 3.8) is 0 Å². The van der Waals surface area contributed by atoms with Gasteiger partial charge in [-0.25, -0.2) is 0 Å². The smallest absolute Gasteiger partial charge is 0.193 e. The predicted octanol–water partition coefficient (Wildman–Crippen LogP) is 6.81. The molecule has 2 atom stereocenters. The Bertz CT molecular complexity index is 1580. The van der Waals surface area contributed by atoms with Gasteiger partial charge >= 0.3 is 0 Å². The van der Waals surface area contributed by atoms with Crippen LogP contribution in [0.4, 0.5) is 0 Å². The first-order valence-electron chi connectivity index (χ1n) is 13.2. The van der Waals surface area contributed by atoms with E-state index < -0.39 is 11.9 Å². The number of hydrogen-bond acceptors (Lipinski definition) is 7. The van der Waals surface area contributed by atoms with E-state index in [1.165, 1.54) is 31.4 Å². The molecule has 0 aromatic heterocycles. The van der Waals surface area contributed by atoms with E-state index in [1.54, 1.807) is 54.6 Å². The van der Waals surface area contributed by atoms with Crippen molar-refractivity contribution in [2.75, 3.05) is 7.11 Å². The maximum Gasteiger partial charge on any atom is 0.193 e. The van der Waals surface area contributed by atoms with Crippen LogP contribution in [0.5, 0.6) is 34.5 Å². The van der Waals surface area contributed by atoms with Gasteiger partial charge in [-0.1, -0.05) is 54.6 Å². The van der Waals surface area contributed by atoms with Crippen LogP contribution >= 0.6 is 0 Å². The van der Waals surface area contributed by atoms with Gasteiger partial charge in [-0.2, -0.15) is 0 Å². The van der Waals surface area contributed by atoms with Crippen LogP contribution in [0, 0.1) is 5.92 Å². The maximum absolute atomic E-state index is 13.4. The number of phenolic OH excluding ortho intramolecular Hbond substituents is 4. The van der Waals surface area contributed by atoms with Crippen molar-refractivity contribution >= 4 is 17.9 Å². The molecule has 4 aromatic carbocycles. The van der Waals surface area contributed by atoms with E-state index in [1.807, 2.05) is 24.3 Å². The summed E-state index contributed by atoms with van der Waals surface area (Å²) in [6, 6.07) is 21.5. The Morgan fingerprint density at radius 1 is 0.854 bits per heavy atom.